The van der Waals surface area contributed by atoms with Crippen molar-refractivity contribution in [3.05, 3.63) is 10.4 Å². The molecule has 2 heterocycles. The molecule has 0 radical (unpaired) electrons. The normalized spacial score (nSPS) is 48.0. The van der Waals surface area contributed by atoms with Crippen molar-refractivity contribution in [1.29, 1.82) is 0 Å². The highest BCUT2D eigenvalue weighted by atomic mass is 16.8. The molecule has 0 aromatic heterocycles. The van der Waals surface area contributed by atoms with E-state index in [1.807, 2.05) is 0 Å². The maximum Gasteiger partial charge on any atom is 0.189 e. The molecule has 13 nitrogen and oxygen atoms in total. The summed E-state index contributed by atoms with van der Waals surface area (Å²) in [5.74, 6) is 0. The van der Waals surface area contributed by atoms with Crippen LogP contribution in [0.1, 0.15) is 0 Å². The lowest BCUT2D eigenvalue weighted by Crippen LogP contribution is -2.63. The van der Waals surface area contributed by atoms with E-state index in [2.05, 4.69) is 10.0 Å². The topological polar surface area (TPSA) is 218 Å². The highest BCUT2D eigenvalue weighted by molar-refractivity contribution is 4.95. The monoisotopic (exact) mass is 367 g/mol. The molecule has 0 bridgehead atoms. The Bertz CT molecular complexity index is 490. The highest BCUT2D eigenvalue weighted by Gasteiger charge is 2.49. The van der Waals surface area contributed by atoms with Gasteiger partial charge in [0.05, 0.1) is 25.4 Å². The van der Waals surface area contributed by atoms with Crippen molar-refractivity contribution in [3.8, 4) is 0 Å². The van der Waals surface area contributed by atoms with E-state index in [0.29, 0.717) is 0 Å². The molecule has 10 atom stereocenters. The molecule has 25 heavy (non-hydrogen) atoms. The molecule has 0 aromatic carbocycles. The zero-order chi connectivity index (χ0) is 18.7. The largest absolute Gasteiger partial charge is 0.394 e. The quantitative estimate of drug-likeness (QED) is 0.141. The Morgan fingerprint density at radius 2 is 1.32 bits per heavy atom. The van der Waals surface area contributed by atoms with Crippen LogP contribution in [0.3, 0.4) is 0 Å². The van der Waals surface area contributed by atoms with Crippen LogP contribution in [0.5, 0.6) is 0 Å². The Hall–Kier alpha value is -1.09. The molecule has 2 fully saturated rings. The lowest BCUT2D eigenvalue weighted by molar-refractivity contribution is -0.368. The zero-order valence-corrected chi connectivity index (χ0v) is 12.9. The van der Waals surface area contributed by atoms with Gasteiger partial charge in [-0.05, 0) is 5.53 Å². The molecule has 0 spiro atoms. The number of ether oxygens (including phenoxy) is 3. The minimum Gasteiger partial charge on any atom is -0.394 e. The summed E-state index contributed by atoms with van der Waals surface area (Å²) in [4.78, 5) is 2.50. The van der Waals surface area contributed by atoms with Crippen molar-refractivity contribution in [2.24, 2.45) is 5.11 Å². The zero-order valence-electron chi connectivity index (χ0n) is 12.9. The molecule has 0 amide bonds. The lowest BCUT2D eigenvalue weighted by Gasteiger charge is -2.44. The van der Waals surface area contributed by atoms with Crippen LogP contribution in [0.4, 0.5) is 0 Å². The molecule has 2 aliphatic rings. The molecule has 144 valence electrons. The fraction of sp³-hybridized carbons (Fsp3) is 1.00. The van der Waals surface area contributed by atoms with E-state index in [4.69, 9.17) is 24.8 Å². The first-order valence-electron chi connectivity index (χ1n) is 7.48. The molecule has 0 saturated carbocycles. The van der Waals surface area contributed by atoms with E-state index in [1.54, 1.807) is 0 Å². The maximum absolute atomic E-state index is 10.1. The van der Waals surface area contributed by atoms with Crippen molar-refractivity contribution in [2.45, 2.75) is 61.3 Å². The third kappa shape index (κ3) is 4.02. The van der Waals surface area contributed by atoms with Crippen molar-refractivity contribution in [1.82, 2.24) is 0 Å². The number of aliphatic hydroxyl groups is 7. The molecule has 0 aliphatic carbocycles. The standard InChI is InChI=1S/C12H21N3O10/c13-15-14-5-6(18)3(1-16)23-11(8(5)20)25-12-10(22)9(21)7(19)4(2-17)24-12/h3-12,16-22H,1-2H2/t3-,4-,5-,6-,7-,8-,9+,10-,11-,12-/m1/s1. The van der Waals surface area contributed by atoms with Crippen LogP contribution < -0.4 is 0 Å². The molecule has 0 unspecified atom stereocenters. The van der Waals surface area contributed by atoms with Gasteiger partial charge in [-0.2, -0.15) is 0 Å². The second kappa shape index (κ2) is 8.53. The molecule has 2 saturated heterocycles. The van der Waals surface area contributed by atoms with Crippen LogP contribution in [0.25, 0.3) is 10.4 Å². The first-order chi connectivity index (χ1) is 11.8. The summed E-state index contributed by atoms with van der Waals surface area (Å²) in [5, 5.41) is 71.0. The van der Waals surface area contributed by atoms with Crippen LogP contribution in [0.15, 0.2) is 5.11 Å². The molecule has 13 heteroatoms. The smallest absolute Gasteiger partial charge is 0.189 e. The van der Waals surface area contributed by atoms with Gasteiger partial charge in [0.25, 0.3) is 0 Å². The van der Waals surface area contributed by atoms with Gasteiger partial charge in [-0.15, -0.1) is 0 Å². The summed E-state index contributed by atoms with van der Waals surface area (Å²) in [6.45, 7) is -1.36. The maximum atomic E-state index is 10.1. The van der Waals surface area contributed by atoms with Gasteiger partial charge < -0.3 is 50.0 Å². The van der Waals surface area contributed by atoms with Crippen LogP contribution in [0.2, 0.25) is 0 Å². The Kier molecular flexibility index (Phi) is 6.90. The van der Waals surface area contributed by atoms with Crippen molar-refractivity contribution < 1.29 is 50.0 Å². The molecule has 0 aromatic rings. The van der Waals surface area contributed by atoms with E-state index in [9.17, 15) is 30.6 Å². The average Bonchev–Trinajstić information content (AvgIpc) is 2.61. The molecular weight excluding hydrogens is 346 g/mol. The number of hydrogen-bond acceptors (Lipinski definition) is 11. The van der Waals surface area contributed by atoms with Crippen molar-refractivity contribution in [2.75, 3.05) is 13.2 Å². The summed E-state index contributed by atoms with van der Waals surface area (Å²) in [5.41, 5.74) is 8.53. The van der Waals surface area contributed by atoms with E-state index in [1.165, 1.54) is 0 Å². The van der Waals surface area contributed by atoms with E-state index < -0.39 is 74.6 Å². The van der Waals surface area contributed by atoms with Gasteiger partial charge in [0.15, 0.2) is 12.6 Å². The van der Waals surface area contributed by atoms with Crippen molar-refractivity contribution in [3.63, 3.8) is 0 Å². The number of nitrogens with zero attached hydrogens (tertiary/aromatic N) is 3. The second-order valence-electron chi connectivity index (χ2n) is 5.74. The average molecular weight is 367 g/mol. The Morgan fingerprint density at radius 1 is 0.800 bits per heavy atom. The highest BCUT2D eigenvalue weighted by Crippen LogP contribution is 2.29. The van der Waals surface area contributed by atoms with Gasteiger partial charge in [0, 0.05) is 4.91 Å². The van der Waals surface area contributed by atoms with Gasteiger partial charge in [-0.3, -0.25) is 0 Å². The predicted molar refractivity (Wildman–Crippen MR) is 75.5 cm³/mol. The summed E-state index contributed by atoms with van der Waals surface area (Å²) < 4.78 is 15.5. The number of rotatable bonds is 5. The molecule has 2 rings (SSSR count). The first-order valence-corrected chi connectivity index (χ1v) is 7.48. The SMILES string of the molecule is [N-]=[N+]=N[C@H]1[C@@H](O)[C@@H](O[C@H]2O[C@H](CO)[C@@H](O)[C@H](O)[C@H]2O)O[C@H](CO)[C@H]1O. The van der Waals surface area contributed by atoms with Gasteiger partial charge in [-0.1, -0.05) is 5.11 Å². The third-order valence-corrected chi connectivity index (χ3v) is 4.15. The van der Waals surface area contributed by atoms with Gasteiger partial charge >= 0.3 is 0 Å². The van der Waals surface area contributed by atoms with Gasteiger partial charge in [0.2, 0.25) is 0 Å². The summed E-state index contributed by atoms with van der Waals surface area (Å²) in [6, 6.07) is -1.41. The fourth-order valence-corrected chi connectivity index (χ4v) is 2.69. The number of hydrogen-bond donors (Lipinski definition) is 7. The van der Waals surface area contributed by atoms with Crippen molar-refractivity contribution >= 4 is 0 Å². The molecule has 7 N–H and O–H groups in total. The minimum atomic E-state index is -1.74. The summed E-state index contributed by atoms with van der Waals surface area (Å²) in [7, 11) is 0. The lowest BCUT2D eigenvalue weighted by atomic mass is 9.96. The third-order valence-electron chi connectivity index (χ3n) is 4.15. The number of azide groups is 1. The van der Waals surface area contributed by atoms with Crippen LogP contribution in [-0.2, 0) is 14.2 Å². The molecular formula is C12H21N3O10. The first kappa shape index (κ1) is 20.2. The Balaban J connectivity index is 2.15. The van der Waals surface area contributed by atoms with Gasteiger partial charge in [-0.25, -0.2) is 0 Å². The van der Waals surface area contributed by atoms with E-state index >= 15 is 0 Å². The Labute approximate surface area is 141 Å². The van der Waals surface area contributed by atoms with Crippen LogP contribution in [-0.4, -0.2) is 110 Å². The summed E-state index contributed by atoms with van der Waals surface area (Å²) in [6.07, 6.45) is -13.9. The predicted octanol–water partition coefficient (Wildman–Crippen LogP) is -4.08. The second-order valence-corrected chi connectivity index (χ2v) is 5.74. The van der Waals surface area contributed by atoms with E-state index in [0.717, 1.165) is 0 Å². The van der Waals surface area contributed by atoms with Crippen LogP contribution in [0, 0.1) is 0 Å². The van der Waals surface area contributed by atoms with Crippen LogP contribution >= 0.6 is 0 Å². The number of aliphatic hydroxyl groups excluding tert-OH is 7. The summed E-state index contributed by atoms with van der Waals surface area (Å²) >= 11 is 0. The minimum absolute atomic E-state index is 0.681. The van der Waals surface area contributed by atoms with E-state index in [-0.39, 0.29) is 0 Å². The Morgan fingerprint density at radius 3 is 1.84 bits per heavy atom. The fourth-order valence-electron chi connectivity index (χ4n) is 2.69. The van der Waals surface area contributed by atoms with Gasteiger partial charge in [0.1, 0.15) is 36.6 Å². The molecule has 2 aliphatic heterocycles.